The maximum absolute atomic E-state index is 10.8. The lowest BCUT2D eigenvalue weighted by Crippen LogP contribution is -2.20. The van der Waals surface area contributed by atoms with Crippen molar-refractivity contribution in [1.29, 1.82) is 0 Å². The molecular formula is C13H11Cl3N2O2. The molecule has 20 heavy (non-hydrogen) atoms. The molecule has 1 heterocycles. The smallest absolute Gasteiger partial charge is 0.219 e. The van der Waals surface area contributed by atoms with E-state index >= 15 is 0 Å². The molecule has 1 aromatic carbocycles. The fraction of sp³-hybridized carbons (Fsp3) is 0.154. The second kappa shape index (κ2) is 6.06. The molecule has 0 aliphatic heterocycles. The molecule has 0 saturated heterocycles. The minimum Gasteiger partial charge on any atom is -0.459 e. The number of hydrogen-bond donors (Lipinski definition) is 2. The molecule has 0 spiro atoms. The first-order chi connectivity index (χ1) is 9.38. The molecule has 4 N–H and O–H groups in total. The Morgan fingerprint density at radius 3 is 2.45 bits per heavy atom. The number of hydrogen-bond acceptors (Lipinski definition) is 3. The lowest BCUT2D eigenvalue weighted by atomic mass is 10.1. The van der Waals surface area contributed by atoms with Crippen LogP contribution in [0, 0.1) is 0 Å². The molecule has 0 saturated carbocycles. The van der Waals surface area contributed by atoms with E-state index in [1.54, 1.807) is 18.2 Å². The number of furan rings is 1. The normalized spacial score (nSPS) is 12.4. The second-order valence-corrected chi connectivity index (χ2v) is 5.45. The van der Waals surface area contributed by atoms with Crippen molar-refractivity contribution in [3.8, 4) is 11.3 Å². The van der Waals surface area contributed by atoms with Crippen molar-refractivity contribution >= 4 is 40.7 Å². The van der Waals surface area contributed by atoms with E-state index in [2.05, 4.69) is 0 Å². The first kappa shape index (κ1) is 15.2. The van der Waals surface area contributed by atoms with E-state index in [-0.39, 0.29) is 6.42 Å². The highest BCUT2D eigenvalue weighted by molar-refractivity contribution is 6.44. The lowest BCUT2D eigenvalue weighted by Gasteiger charge is -2.06. The topological polar surface area (TPSA) is 82.2 Å². The summed E-state index contributed by atoms with van der Waals surface area (Å²) in [5, 5.41) is 1.13. The molecule has 0 aliphatic rings. The number of rotatable bonds is 4. The van der Waals surface area contributed by atoms with Gasteiger partial charge in [-0.25, -0.2) is 0 Å². The highest BCUT2D eigenvalue weighted by Crippen LogP contribution is 2.36. The van der Waals surface area contributed by atoms with Crippen LogP contribution in [0.2, 0.25) is 15.1 Å². The molecule has 4 nitrogen and oxygen atoms in total. The van der Waals surface area contributed by atoms with Crippen LogP contribution in [0.4, 0.5) is 0 Å². The van der Waals surface area contributed by atoms with Gasteiger partial charge in [-0.15, -0.1) is 0 Å². The fourth-order valence-corrected chi connectivity index (χ4v) is 2.37. The van der Waals surface area contributed by atoms with Gasteiger partial charge in [0, 0.05) is 12.0 Å². The molecule has 0 aliphatic carbocycles. The number of primary amides is 1. The summed E-state index contributed by atoms with van der Waals surface area (Å²) in [7, 11) is 0. The van der Waals surface area contributed by atoms with Crippen molar-refractivity contribution < 1.29 is 9.21 Å². The van der Waals surface area contributed by atoms with Gasteiger partial charge in [0.2, 0.25) is 5.91 Å². The molecule has 0 radical (unpaired) electrons. The summed E-state index contributed by atoms with van der Waals surface area (Å²) in [5.74, 6) is 0.437. The summed E-state index contributed by atoms with van der Waals surface area (Å²) in [4.78, 5) is 10.8. The van der Waals surface area contributed by atoms with Gasteiger partial charge in [0.15, 0.2) is 0 Å². The molecule has 7 heteroatoms. The van der Waals surface area contributed by atoms with Gasteiger partial charge in [-0.2, -0.15) is 0 Å². The van der Waals surface area contributed by atoms with Crippen LogP contribution in [0.15, 0.2) is 28.7 Å². The molecule has 0 fully saturated rings. The van der Waals surface area contributed by atoms with Crippen molar-refractivity contribution in [2.24, 2.45) is 11.5 Å². The van der Waals surface area contributed by atoms with Crippen LogP contribution in [-0.2, 0) is 4.79 Å². The standard InChI is InChI=1S/C13H11Cl3N2O2/c14-7-4-9(16)8(15)3-6(7)11-1-2-12(20-11)10(17)5-13(18)19/h1-4,10H,5,17H2,(H2,18,19). The Bertz CT molecular complexity index is 655. The Morgan fingerprint density at radius 2 is 1.80 bits per heavy atom. The van der Waals surface area contributed by atoms with Crippen LogP contribution in [0.5, 0.6) is 0 Å². The molecule has 1 atom stereocenters. The number of halogens is 3. The summed E-state index contributed by atoms with van der Waals surface area (Å²) >= 11 is 17.9. The zero-order valence-electron chi connectivity index (χ0n) is 10.2. The third kappa shape index (κ3) is 3.27. The minimum atomic E-state index is -0.595. The highest BCUT2D eigenvalue weighted by Gasteiger charge is 2.16. The SMILES string of the molecule is NC(=O)CC(N)c1ccc(-c2cc(Cl)c(Cl)cc2Cl)o1. The predicted octanol–water partition coefficient (Wildman–Crippen LogP) is 3.78. The highest BCUT2D eigenvalue weighted by atomic mass is 35.5. The maximum Gasteiger partial charge on any atom is 0.219 e. The quantitative estimate of drug-likeness (QED) is 0.835. The van der Waals surface area contributed by atoms with Gasteiger partial charge in [0.05, 0.1) is 21.1 Å². The zero-order valence-corrected chi connectivity index (χ0v) is 12.5. The third-order valence-electron chi connectivity index (χ3n) is 2.69. The monoisotopic (exact) mass is 332 g/mol. The second-order valence-electron chi connectivity index (χ2n) is 4.23. The molecule has 106 valence electrons. The molecule has 1 aromatic heterocycles. The number of nitrogens with two attached hydrogens (primary N) is 2. The molecule has 2 aromatic rings. The minimum absolute atomic E-state index is 0.00204. The first-order valence-electron chi connectivity index (χ1n) is 5.67. The van der Waals surface area contributed by atoms with Crippen molar-refractivity contribution in [2.45, 2.75) is 12.5 Å². The Kier molecular flexibility index (Phi) is 4.60. The Balaban J connectivity index is 2.33. The summed E-state index contributed by atoms with van der Waals surface area (Å²) in [6, 6.07) is 5.91. The fourth-order valence-electron chi connectivity index (χ4n) is 1.73. The van der Waals surface area contributed by atoms with E-state index in [0.29, 0.717) is 32.2 Å². The Labute approximate surface area is 130 Å². The van der Waals surface area contributed by atoms with E-state index in [9.17, 15) is 4.79 Å². The van der Waals surface area contributed by atoms with E-state index in [1.807, 2.05) is 0 Å². The number of carbonyl (C=O) groups is 1. The van der Waals surface area contributed by atoms with Crippen LogP contribution >= 0.6 is 34.8 Å². The molecular weight excluding hydrogens is 323 g/mol. The van der Waals surface area contributed by atoms with Gasteiger partial charge in [-0.1, -0.05) is 34.8 Å². The molecule has 2 rings (SSSR count). The van der Waals surface area contributed by atoms with Gasteiger partial charge in [0.1, 0.15) is 11.5 Å². The first-order valence-corrected chi connectivity index (χ1v) is 6.80. The number of benzene rings is 1. The van der Waals surface area contributed by atoms with Gasteiger partial charge < -0.3 is 15.9 Å². The Morgan fingerprint density at radius 1 is 1.15 bits per heavy atom. The largest absolute Gasteiger partial charge is 0.459 e. The average Bonchev–Trinajstić information content (AvgIpc) is 2.82. The summed E-state index contributed by atoms with van der Waals surface area (Å²) < 4.78 is 5.59. The average molecular weight is 334 g/mol. The predicted molar refractivity (Wildman–Crippen MR) is 79.9 cm³/mol. The summed E-state index contributed by atoms with van der Waals surface area (Å²) in [5.41, 5.74) is 11.5. The number of carbonyl (C=O) groups excluding carboxylic acids is 1. The van der Waals surface area contributed by atoms with Crippen molar-refractivity contribution in [1.82, 2.24) is 0 Å². The summed E-state index contributed by atoms with van der Waals surface area (Å²) in [6.45, 7) is 0. The lowest BCUT2D eigenvalue weighted by molar-refractivity contribution is -0.118. The van der Waals surface area contributed by atoms with Crippen molar-refractivity contribution in [2.75, 3.05) is 0 Å². The maximum atomic E-state index is 10.8. The molecule has 0 bridgehead atoms. The van der Waals surface area contributed by atoms with Gasteiger partial charge >= 0.3 is 0 Å². The molecule has 1 unspecified atom stereocenters. The third-order valence-corrected chi connectivity index (χ3v) is 3.72. The van der Waals surface area contributed by atoms with Crippen molar-refractivity contribution in [3.63, 3.8) is 0 Å². The van der Waals surface area contributed by atoms with Crippen LogP contribution in [-0.4, -0.2) is 5.91 Å². The van der Waals surface area contributed by atoms with Gasteiger partial charge in [0.25, 0.3) is 0 Å². The van der Waals surface area contributed by atoms with E-state index in [1.165, 1.54) is 6.07 Å². The van der Waals surface area contributed by atoms with E-state index in [4.69, 9.17) is 50.7 Å². The van der Waals surface area contributed by atoms with Gasteiger partial charge in [-0.3, -0.25) is 4.79 Å². The summed E-state index contributed by atoms with van der Waals surface area (Å²) in [6.07, 6.45) is 0.00204. The number of amides is 1. The van der Waals surface area contributed by atoms with Crippen LogP contribution in [0.3, 0.4) is 0 Å². The van der Waals surface area contributed by atoms with Crippen LogP contribution in [0.25, 0.3) is 11.3 Å². The molecule has 1 amide bonds. The van der Waals surface area contributed by atoms with E-state index < -0.39 is 11.9 Å². The Hall–Kier alpha value is -1.20. The van der Waals surface area contributed by atoms with Gasteiger partial charge in [-0.05, 0) is 24.3 Å². The van der Waals surface area contributed by atoms with E-state index in [0.717, 1.165) is 0 Å². The van der Waals surface area contributed by atoms with Crippen LogP contribution in [0.1, 0.15) is 18.2 Å². The zero-order chi connectivity index (χ0) is 14.9. The van der Waals surface area contributed by atoms with Crippen molar-refractivity contribution in [3.05, 3.63) is 45.1 Å². The van der Waals surface area contributed by atoms with Crippen LogP contribution < -0.4 is 11.5 Å².